The minimum Gasteiger partial charge on any atom is -0.494 e. The number of Topliss-reactive ketones (excluding diaryl/α,β-unsaturated/α-hetero) is 1. The number of anilines is 1. The van der Waals surface area contributed by atoms with Crippen molar-refractivity contribution < 1.29 is 9.53 Å². The number of thiophene rings is 1. The van der Waals surface area contributed by atoms with Crippen molar-refractivity contribution in [1.82, 2.24) is 0 Å². The van der Waals surface area contributed by atoms with Gasteiger partial charge >= 0.3 is 0 Å². The van der Waals surface area contributed by atoms with Crippen LogP contribution in [0.15, 0.2) is 46.9 Å². The van der Waals surface area contributed by atoms with E-state index in [2.05, 4.69) is 26.0 Å². The Balaban J connectivity index is 1.73. The van der Waals surface area contributed by atoms with Gasteiger partial charge in [0.1, 0.15) is 22.6 Å². The maximum absolute atomic E-state index is 13.8. The highest BCUT2D eigenvalue weighted by Gasteiger charge is 2.45. The van der Waals surface area contributed by atoms with Crippen molar-refractivity contribution in [2.45, 2.75) is 71.6 Å². The first-order chi connectivity index (χ1) is 17.8. The molecule has 0 amide bonds. The average molecular weight is 513 g/mol. The lowest BCUT2D eigenvalue weighted by atomic mass is 9.68. The molecular formula is C30H32N4O2S. The van der Waals surface area contributed by atoms with Crippen LogP contribution in [0, 0.1) is 28.1 Å². The monoisotopic (exact) mass is 512 g/mol. The molecule has 190 valence electrons. The predicted octanol–water partition coefficient (Wildman–Crippen LogP) is 6.23. The number of nitrogens with zero attached hydrogens (tertiary/aromatic N) is 3. The fraction of sp³-hybridized carbons (Fsp3) is 0.433. The van der Waals surface area contributed by atoms with Crippen LogP contribution in [-0.4, -0.2) is 12.4 Å². The van der Waals surface area contributed by atoms with E-state index in [-0.39, 0.29) is 11.2 Å². The van der Waals surface area contributed by atoms with Crippen LogP contribution in [0.5, 0.6) is 5.75 Å². The summed E-state index contributed by atoms with van der Waals surface area (Å²) in [7, 11) is 0. The molecule has 37 heavy (non-hydrogen) atoms. The number of rotatable bonds is 4. The van der Waals surface area contributed by atoms with Crippen LogP contribution in [-0.2, 0) is 17.6 Å². The second-order valence-electron chi connectivity index (χ2n) is 10.8. The molecule has 1 aromatic heterocycles. The molecule has 2 N–H and O–H groups in total. The number of ketones is 1. The molecule has 5 rings (SSSR count). The number of hydrogen-bond donors (Lipinski definition) is 1. The standard InChI is InChI=1S/C30H32N4O2S/c1-4-36-19-12-10-18(11-13-19)26-22(17-32)28(33)34(23-14-30(2,3)15-24(35)27(23)26)29-21(16-31)20-8-6-5-7-9-25(20)37-29/h10-13,26H,4-9,14-15,33H2,1-3H3/t26-/m0/s1. The molecule has 2 aromatic rings. The Morgan fingerprint density at radius 2 is 1.84 bits per heavy atom. The number of ether oxygens (including phenoxy) is 1. The topological polar surface area (TPSA) is 103 Å². The highest BCUT2D eigenvalue weighted by Crippen LogP contribution is 2.52. The lowest BCUT2D eigenvalue weighted by Gasteiger charge is -2.43. The molecule has 1 aromatic carbocycles. The van der Waals surface area contributed by atoms with Crippen molar-refractivity contribution >= 4 is 22.1 Å². The molecule has 1 aliphatic heterocycles. The van der Waals surface area contributed by atoms with E-state index in [9.17, 15) is 15.3 Å². The van der Waals surface area contributed by atoms with Crippen LogP contribution in [0.4, 0.5) is 5.00 Å². The number of carbonyl (C=O) groups is 1. The second-order valence-corrected chi connectivity index (χ2v) is 11.9. The van der Waals surface area contributed by atoms with Gasteiger partial charge in [-0.3, -0.25) is 9.69 Å². The summed E-state index contributed by atoms with van der Waals surface area (Å²) in [5.41, 5.74) is 11.0. The highest BCUT2D eigenvalue weighted by atomic mass is 32.1. The number of carbonyl (C=O) groups excluding carboxylic acids is 1. The molecule has 1 atom stereocenters. The number of nitriles is 2. The van der Waals surface area contributed by atoms with Crippen molar-refractivity contribution in [2.24, 2.45) is 11.1 Å². The zero-order chi connectivity index (χ0) is 26.3. The van der Waals surface area contributed by atoms with Gasteiger partial charge in [0.25, 0.3) is 0 Å². The van der Waals surface area contributed by atoms with Gasteiger partial charge in [-0.2, -0.15) is 10.5 Å². The van der Waals surface area contributed by atoms with E-state index in [1.54, 1.807) is 11.3 Å². The van der Waals surface area contributed by atoms with E-state index in [1.807, 2.05) is 36.1 Å². The largest absolute Gasteiger partial charge is 0.494 e. The molecule has 0 saturated carbocycles. The van der Waals surface area contributed by atoms with E-state index >= 15 is 0 Å². The molecule has 0 radical (unpaired) electrons. The van der Waals surface area contributed by atoms with Gasteiger partial charge in [-0.05, 0) is 67.7 Å². The number of allylic oxidation sites excluding steroid dienone is 3. The van der Waals surface area contributed by atoms with Crippen molar-refractivity contribution in [1.29, 1.82) is 10.5 Å². The van der Waals surface area contributed by atoms with Crippen molar-refractivity contribution in [3.8, 4) is 17.9 Å². The predicted molar refractivity (Wildman–Crippen MR) is 145 cm³/mol. The van der Waals surface area contributed by atoms with Crippen molar-refractivity contribution in [3.63, 3.8) is 0 Å². The lowest BCUT2D eigenvalue weighted by Crippen LogP contribution is -2.42. The summed E-state index contributed by atoms with van der Waals surface area (Å²) in [5, 5.41) is 21.4. The summed E-state index contributed by atoms with van der Waals surface area (Å²) in [4.78, 5) is 16.9. The van der Waals surface area contributed by atoms with Crippen LogP contribution >= 0.6 is 11.3 Å². The van der Waals surface area contributed by atoms with E-state index in [0.717, 1.165) is 59.7 Å². The number of hydrogen-bond acceptors (Lipinski definition) is 7. The summed E-state index contributed by atoms with van der Waals surface area (Å²) >= 11 is 1.60. The van der Waals surface area contributed by atoms with Gasteiger partial charge in [0.15, 0.2) is 5.78 Å². The highest BCUT2D eigenvalue weighted by molar-refractivity contribution is 7.16. The van der Waals surface area contributed by atoms with Gasteiger partial charge in [-0.1, -0.05) is 32.4 Å². The van der Waals surface area contributed by atoms with Gasteiger partial charge < -0.3 is 10.5 Å². The molecule has 0 unspecified atom stereocenters. The molecular weight excluding hydrogens is 480 g/mol. The van der Waals surface area contributed by atoms with Crippen LogP contribution in [0.25, 0.3) is 0 Å². The number of benzene rings is 1. The Kier molecular flexibility index (Phi) is 6.60. The Hall–Kier alpha value is -3.55. The number of fused-ring (bicyclic) bond motifs is 1. The van der Waals surface area contributed by atoms with E-state index in [0.29, 0.717) is 42.0 Å². The first-order valence-corrected chi connectivity index (χ1v) is 13.8. The molecule has 0 saturated heterocycles. The van der Waals surface area contributed by atoms with Gasteiger partial charge in [0.2, 0.25) is 0 Å². The molecule has 0 fully saturated rings. The smallest absolute Gasteiger partial charge is 0.162 e. The Morgan fingerprint density at radius 3 is 2.51 bits per heavy atom. The van der Waals surface area contributed by atoms with Crippen molar-refractivity contribution in [3.05, 3.63) is 68.5 Å². The van der Waals surface area contributed by atoms with Crippen molar-refractivity contribution in [2.75, 3.05) is 11.5 Å². The number of nitrogens with two attached hydrogens (primary N) is 1. The third-order valence-electron chi connectivity index (χ3n) is 7.62. The summed E-state index contributed by atoms with van der Waals surface area (Å²) < 4.78 is 5.61. The fourth-order valence-corrected chi connectivity index (χ4v) is 7.38. The fourth-order valence-electron chi connectivity index (χ4n) is 6.00. The van der Waals surface area contributed by atoms with Crippen LogP contribution in [0.1, 0.15) is 80.4 Å². The van der Waals surface area contributed by atoms with Gasteiger partial charge in [-0.15, -0.1) is 11.3 Å². The Labute approximate surface area is 222 Å². The third-order valence-corrected chi connectivity index (χ3v) is 8.90. The van der Waals surface area contributed by atoms with Gasteiger partial charge in [0.05, 0.1) is 29.7 Å². The summed E-state index contributed by atoms with van der Waals surface area (Å²) in [6.07, 6.45) is 6.18. The lowest BCUT2D eigenvalue weighted by molar-refractivity contribution is -0.118. The Morgan fingerprint density at radius 1 is 1.11 bits per heavy atom. The van der Waals surface area contributed by atoms with E-state index in [1.165, 1.54) is 4.88 Å². The quantitative estimate of drug-likeness (QED) is 0.487. The average Bonchev–Trinajstić information content (AvgIpc) is 3.03. The maximum atomic E-state index is 13.8. The van der Waals surface area contributed by atoms with Crippen LogP contribution in [0.2, 0.25) is 0 Å². The molecule has 7 heteroatoms. The summed E-state index contributed by atoms with van der Waals surface area (Å²) in [6, 6.07) is 12.4. The number of aryl methyl sites for hydroxylation is 1. The minimum atomic E-state index is -0.543. The molecule has 3 aliphatic rings. The zero-order valence-electron chi connectivity index (χ0n) is 21.7. The van der Waals surface area contributed by atoms with E-state index in [4.69, 9.17) is 10.5 Å². The van der Waals surface area contributed by atoms with E-state index < -0.39 is 5.92 Å². The van der Waals surface area contributed by atoms with Crippen LogP contribution < -0.4 is 15.4 Å². The second kappa shape index (κ2) is 9.72. The maximum Gasteiger partial charge on any atom is 0.162 e. The molecule has 2 aliphatic carbocycles. The SMILES string of the molecule is CCOc1ccc([C@H]2C(C#N)=C(N)N(c3sc4c(c3C#N)CCCCC4)C3=C2C(=O)CC(C)(C)C3)cc1. The first-order valence-electron chi connectivity index (χ1n) is 13.0. The molecule has 2 heterocycles. The zero-order valence-corrected chi connectivity index (χ0v) is 22.5. The summed E-state index contributed by atoms with van der Waals surface area (Å²) in [6.45, 7) is 6.67. The minimum absolute atomic E-state index is 0.0343. The first kappa shape index (κ1) is 25.1. The third kappa shape index (κ3) is 4.32. The molecule has 0 spiro atoms. The molecule has 0 bridgehead atoms. The summed E-state index contributed by atoms with van der Waals surface area (Å²) in [5.74, 6) is 0.549. The Bertz CT molecular complexity index is 1400. The van der Waals surface area contributed by atoms with Gasteiger partial charge in [0, 0.05) is 22.6 Å². The van der Waals surface area contributed by atoms with Gasteiger partial charge in [-0.25, -0.2) is 0 Å². The van der Waals surface area contributed by atoms with Crippen LogP contribution in [0.3, 0.4) is 0 Å². The normalized spacial score (nSPS) is 21.1. The molecule has 6 nitrogen and oxygen atoms in total.